The average molecular weight is 589 g/mol. The van der Waals surface area contributed by atoms with Gasteiger partial charge in [0.25, 0.3) is 5.91 Å². The Labute approximate surface area is 245 Å². The number of halogens is 1. The molecular weight excluding hydrogens is 564 g/mol. The van der Waals surface area contributed by atoms with Gasteiger partial charge >= 0.3 is 0 Å². The maximum absolute atomic E-state index is 13.9. The van der Waals surface area contributed by atoms with E-state index in [0.29, 0.717) is 44.6 Å². The molecule has 3 aromatic carbocycles. The normalized spacial score (nSPS) is 12.8. The van der Waals surface area contributed by atoms with Crippen LogP contribution in [-0.2, 0) is 17.9 Å². The van der Waals surface area contributed by atoms with Crippen LogP contribution < -0.4 is 24.4 Å². The number of amides is 2. The van der Waals surface area contributed by atoms with Gasteiger partial charge in [-0.3, -0.25) is 14.4 Å². The second-order valence-electron chi connectivity index (χ2n) is 9.71. The van der Waals surface area contributed by atoms with Gasteiger partial charge in [0, 0.05) is 23.7 Å². The van der Waals surface area contributed by atoms with E-state index in [1.54, 1.807) is 48.5 Å². The van der Waals surface area contributed by atoms with Crippen molar-refractivity contribution in [3.63, 3.8) is 0 Å². The molecule has 2 amide bonds. The fourth-order valence-electron chi connectivity index (χ4n) is 4.80. The molecule has 2 aliphatic heterocycles. The van der Waals surface area contributed by atoms with Crippen LogP contribution in [0, 0.1) is 0 Å². The molecule has 0 atom stereocenters. The topological polar surface area (TPSA) is 108 Å². The van der Waals surface area contributed by atoms with Crippen LogP contribution in [0.2, 0.25) is 5.02 Å². The lowest BCUT2D eigenvalue weighted by Gasteiger charge is -2.27. The lowest BCUT2D eigenvalue weighted by atomic mass is 10.1. The first kappa shape index (κ1) is 27.2. The molecule has 1 aromatic heterocycles. The van der Waals surface area contributed by atoms with E-state index in [1.165, 1.54) is 22.1 Å². The second-order valence-corrected chi connectivity index (χ2v) is 10.1. The third-order valence-corrected chi connectivity index (χ3v) is 7.15. The summed E-state index contributed by atoms with van der Waals surface area (Å²) in [5, 5.41) is 0.698. The number of carbonyl (C=O) groups excluding carboxylic acids is 2. The van der Waals surface area contributed by atoms with E-state index in [2.05, 4.69) is 6.58 Å². The molecular formula is C31H25ClN2O8. The molecule has 2 aliphatic rings. The molecule has 3 heterocycles. The summed E-state index contributed by atoms with van der Waals surface area (Å²) in [7, 11) is 0. The van der Waals surface area contributed by atoms with E-state index in [0.717, 1.165) is 5.56 Å². The molecule has 0 N–H and O–H groups in total. The van der Waals surface area contributed by atoms with E-state index < -0.39 is 5.91 Å². The van der Waals surface area contributed by atoms with Crippen molar-refractivity contribution in [3.05, 3.63) is 105 Å². The van der Waals surface area contributed by atoms with Crippen molar-refractivity contribution in [2.75, 3.05) is 26.7 Å². The summed E-state index contributed by atoms with van der Waals surface area (Å²) in [4.78, 5) is 43.6. The first-order valence-electron chi connectivity index (χ1n) is 13.1. The summed E-state index contributed by atoms with van der Waals surface area (Å²) in [5.41, 5.74) is 1.42. The third-order valence-electron chi connectivity index (χ3n) is 6.91. The van der Waals surface area contributed by atoms with E-state index in [-0.39, 0.29) is 56.7 Å². The molecule has 0 saturated heterocycles. The molecule has 4 aromatic rings. The Morgan fingerprint density at radius 3 is 2.33 bits per heavy atom. The van der Waals surface area contributed by atoms with Crippen molar-refractivity contribution in [3.8, 4) is 23.0 Å². The highest BCUT2D eigenvalue weighted by Gasteiger charge is 2.26. The van der Waals surface area contributed by atoms with Gasteiger partial charge in [-0.2, -0.15) is 0 Å². The fraction of sp³-hybridized carbons (Fsp3) is 0.194. The highest BCUT2D eigenvalue weighted by atomic mass is 35.5. The molecule has 0 bridgehead atoms. The minimum Gasteiger partial charge on any atom is -0.464 e. The Balaban J connectivity index is 1.29. The van der Waals surface area contributed by atoms with Crippen molar-refractivity contribution >= 4 is 34.4 Å². The zero-order valence-electron chi connectivity index (χ0n) is 22.3. The zero-order valence-corrected chi connectivity index (χ0v) is 23.1. The van der Waals surface area contributed by atoms with Crippen molar-refractivity contribution in [2.24, 2.45) is 0 Å². The van der Waals surface area contributed by atoms with Crippen LogP contribution in [0.3, 0.4) is 0 Å². The second kappa shape index (κ2) is 11.5. The van der Waals surface area contributed by atoms with Crippen LogP contribution >= 0.6 is 11.6 Å². The Bertz CT molecular complexity index is 1770. The van der Waals surface area contributed by atoms with Crippen LogP contribution in [0.25, 0.3) is 11.0 Å². The van der Waals surface area contributed by atoms with Crippen LogP contribution in [0.5, 0.6) is 23.0 Å². The Morgan fingerprint density at radius 2 is 1.57 bits per heavy atom. The predicted octanol–water partition coefficient (Wildman–Crippen LogP) is 4.76. The molecule has 6 rings (SSSR count). The minimum atomic E-state index is -0.394. The molecule has 0 fully saturated rings. The zero-order chi connectivity index (χ0) is 29.2. The summed E-state index contributed by atoms with van der Waals surface area (Å²) >= 11 is 6.12. The first-order valence-corrected chi connectivity index (χ1v) is 13.4. The summed E-state index contributed by atoms with van der Waals surface area (Å²) < 4.78 is 27.3. The fourth-order valence-corrected chi connectivity index (χ4v) is 4.97. The molecule has 10 nitrogen and oxygen atoms in total. The van der Waals surface area contributed by atoms with Crippen molar-refractivity contribution in [1.82, 2.24) is 9.80 Å². The first-order chi connectivity index (χ1) is 20.4. The summed E-state index contributed by atoms with van der Waals surface area (Å²) in [5.74, 6) is 1.39. The van der Waals surface area contributed by atoms with Crippen LogP contribution in [0.1, 0.15) is 21.5 Å². The maximum Gasteiger partial charge on any atom is 0.254 e. The van der Waals surface area contributed by atoms with E-state index in [1.807, 2.05) is 6.07 Å². The molecule has 0 saturated carbocycles. The molecule has 214 valence electrons. The van der Waals surface area contributed by atoms with Gasteiger partial charge in [0.05, 0.1) is 23.8 Å². The Morgan fingerprint density at radius 1 is 0.857 bits per heavy atom. The molecule has 11 heteroatoms. The molecule has 42 heavy (non-hydrogen) atoms. The van der Waals surface area contributed by atoms with Gasteiger partial charge < -0.3 is 33.2 Å². The Kier molecular flexibility index (Phi) is 7.45. The van der Waals surface area contributed by atoms with E-state index >= 15 is 0 Å². The molecule has 0 aliphatic carbocycles. The molecule has 0 spiro atoms. The average Bonchev–Trinajstić information content (AvgIpc) is 3.66. The predicted molar refractivity (Wildman–Crippen MR) is 153 cm³/mol. The maximum atomic E-state index is 13.9. The van der Waals surface area contributed by atoms with Gasteiger partial charge in [-0.05, 0) is 54.1 Å². The van der Waals surface area contributed by atoms with Crippen molar-refractivity contribution in [1.29, 1.82) is 0 Å². The summed E-state index contributed by atoms with van der Waals surface area (Å²) in [6.45, 7) is 3.84. The SMILES string of the molecule is C=CCN(CC(=O)N(Cc1ccc2c(c1)OCO2)Cc1coc2ccc(Cl)cc2c1=O)C(=O)c1ccc2c(c1)OCO2. The lowest BCUT2D eigenvalue weighted by molar-refractivity contribution is -0.133. The van der Waals surface area contributed by atoms with Gasteiger partial charge in [-0.15, -0.1) is 6.58 Å². The van der Waals surface area contributed by atoms with Crippen LogP contribution in [0.15, 0.2) is 82.7 Å². The highest BCUT2D eigenvalue weighted by Crippen LogP contribution is 2.34. The van der Waals surface area contributed by atoms with E-state index in [4.69, 9.17) is 35.0 Å². The van der Waals surface area contributed by atoms with Gasteiger partial charge in [0.2, 0.25) is 19.5 Å². The number of rotatable bonds is 9. The summed E-state index contributed by atoms with van der Waals surface area (Å²) in [6.07, 6.45) is 2.89. The van der Waals surface area contributed by atoms with Crippen molar-refractivity contribution in [2.45, 2.75) is 13.1 Å². The largest absolute Gasteiger partial charge is 0.464 e. The number of fused-ring (bicyclic) bond motifs is 3. The molecule has 0 radical (unpaired) electrons. The van der Waals surface area contributed by atoms with Gasteiger partial charge in [-0.25, -0.2) is 0 Å². The smallest absolute Gasteiger partial charge is 0.254 e. The highest BCUT2D eigenvalue weighted by molar-refractivity contribution is 6.31. The standard InChI is InChI=1S/C31H25ClN2O8/c1-2-9-33(31(37)20-4-7-26-28(11-20)42-18-40-26)15-29(35)34(13-19-3-6-25-27(10-19)41-17-39-25)14-21-16-38-24-8-5-22(32)12-23(24)30(21)36/h2-8,10-12,16H,1,9,13-15,17-18H2. The lowest BCUT2D eigenvalue weighted by Crippen LogP contribution is -2.43. The number of carbonyl (C=O) groups is 2. The van der Waals surface area contributed by atoms with Gasteiger partial charge in [0.15, 0.2) is 28.4 Å². The quantitative estimate of drug-likeness (QED) is 0.258. The van der Waals surface area contributed by atoms with Crippen LogP contribution in [0.4, 0.5) is 0 Å². The summed E-state index contributed by atoms with van der Waals surface area (Å²) in [6, 6.07) is 15.0. The number of ether oxygens (including phenoxy) is 4. The molecule has 0 unspecified atom stereocenters. The number of hydrogen-bond acceptors (Lipinski definition) is 8. The number of benzene rings is 3. The van der Waals surface area contributed by atoms with Gasteiger partial charge in [-0.1, -0.05) is 23.7 Å². The monoisotopic (exact) mass is 588 g/mol. The van der Waals surface area contributed by atoms with Crippen molar-refractivity contribution < 1.29 is 33.0 Å². The minimum absolute atomic E-state index is 0.0712. The third kappa shape index (κ3) is 5.48. The van der Waals surface area contributed by atoms with Crippen LogP contribution in [-0.4, -0.2) is 48.3 Å². The Hall–Kier alpha value is -4.96. The van der Waals surface area contributed by atoms with E-state index in [9.17, 15) is 14.4 Å². The number of hydrogen-bond donors (Lipinski definition) is 0. The van der Waals surface area contributed by atoms with Gasteiger partial charge in [0.1, 0.15) is 12.1 Å². The number of nitrogens with zero attached hydrogens (tertiary/aromatic N) is 2.